The molecule has 0 rings (SSSR count). The molecule has 2 N–H and O–H groups in total. The third kappa shape index (κ3) is 5.34. The monoisotopic (exact) mass is 286 g/mol. The minimum atomic E-state index is -0.868. The van der Waals surface area contributed by atoms with Crippen LogP contribution in [0.1, 0.15) is 19.3 Å². The van der Waals surface area contributed by atoms with Gasteiger partial charge in [-0.1, -0.05) is 22.6 Å². The highest BCUT2D eigenvalue weighted by atomic mass is 127. The summed E-state index contributed by atoms with van der Waals surface area (Å²) in [5.74, 6) is -2.10. The van der Waals surface area contributed by atoms with E-state index in [1.54, 1.807) is 0 Å². The minimum absolute atomic E-state index is 0.0560. The first-order valence-corrected chi connectivity index (χ1v) is 5.11. The molecule has 0 aliphatic heterocycles. The van der Waals surface area contributed by atoms with E-state index >= 15 is 0 Å². The Morgan fingerprint density at radius 2 is 1.92 bits per heavy atom. The summed E-state index contributed by atoms with van der Waals surface area (Å²) >= 11 is 1.99. The van der Waals surface area contributed by atoms with Crippen LogP contribution in [0.3, 0.4) is 0 Å². The van der Waals surface area contributed by atoms with Crippen LogP contribution in [0.5, 0.6) is 0 Å². The lowest BCUT2D eigenvalue weighted by Gasteiger charge is -2.06. The van der Waals surface area contributed by atoms with Crippen LogP contribution in [-0.4, -0.2) is 26.6 Å². The summed E-state index contributed by atoms with van der Waals surface area (Å²) in [6, 6.07) is 0. The van der Waals surface area contributed by atoms with Crippen molar-refractivity contribution in [1.29, 1.82) is 0 Å². The summed E-state index contributed by atoms with van der Waals surface area (Å²) in [5, 5.41) is 16.9. The SMILES string of the molecule is O=C(O)CCCC(CI)C(=O)O. The largest absolute Gasteiger partial charge is 0.481 e. The van der Waals surface area contributed by atoms with Crippen LogP contribution in [0.4, 0.5) is 0 Å². The van der Waals surface area contributed by atoms with E-state index in [1.807, 2.05) is 22.6 Å². The highest BCUT2D eigenvalue weighted by Gasteiger charge is 2.15. The van der Waals surface area contributed by atoms with Gasteiger partial charge in [0.25, 0.3) is 0 Å². The summed E-state index contributed by atoms with van der Waals surface area (Å²) in [6.45, 7) is 0. The zero-order valence-electron chi connectivity index (χ0n) is 6.49. The average Bonchev–Trinajstić information content (AvgIpc) is 1.96. The Hall–Kier alpha value is -0.330. The molecule has 0 radical (unpaired) electrons. The van der Waals surface area contributed by atoms with Gasteiger partial charge in [0.05, 0.1) is 5.92 Å². The van der Waals surface area contributed by atoms with Gasteiger partial charge in [0, 0.05) is 10.8 Å². The lowest BCUT2D eigenvalue weighted by Crippen LogP contribution is -2.15. The summed E-state index contributed by atoms with van der Waals surface area (Å²) in [6.07, 6.45) is 0.945. The maximum absolute atomic E-state index is 10.5. The Kier molecular flexibility index (Phi) is 6.04. The number of hydrogen-bond acceptors (Lipinski definition) is 2. The Morgan fingerprint density at radius 3 is 2.25 bits per heavy atom. The summed E-state index contributed by atoms with van der Waals surface area (Å²) < 4.78 is 0.534. The van der Waals surface area contributed by atoms with Gasteiger partial charge in [-0.2, -0.15) is 0 Å². The summed E-state index contributed by atoms with van der Waals surface area (Å²) in [7, 11) is 0. The Labute approximate surface area is 84.1 Å². The molecule has 0 heterocycles. The first kappa shape index (κ1) is 11.7. The molecule has 0 aromatic rings. The third-order valence-electron chi connectivity index (χ3n) is 1.48. The fourth-order valence-electron chi connectivity index (χ4n) is 0.766. The predicted octanol–water partition coefficient (Wildman–Crippen LogP) is 1.38. The molecule has 0 aromatic carbocycles. The van der Waals surface area contributed by atoms with Crippen molar-refractivity contribution < 1.29 is 19.8 Å². The smallest absolute Gasteiger partial charge is 0.307 e. The van der Waals surface area contributed by atoms with E-state index in [0.29, 0.717) is 17.3 Å². The number of carboxylic acids is 2. The molecule has 1 unspecified atom stereocenters. The summed E-state index contributed by atoms with van der Waals surface area (Å²) in [5.41, 5.74) is 0. The van der Waals surface area contributed by atoms with Crippen molar-refractivity contribution in [3.8, 4) is 0 Å². The molecule has 1 atom stereocenters. The highest BCUT2D eigenvalue weighted by Crippen LogP contribution is 2.11. The van der Waals surface area contributed by atoms with Gasteiger partial charge in [-0.05, 0) is 12.8 Å². The zero-order valence-corrected chi connectivity index (χ0v) is 8.65. The van der Waals surface area contributed by atoms with E-state index in [0.717, 1.165) is 0 Å². The lowest BCUT2D eigenvalue weighted by molar-refractivity contribution is -0.142. The average molecular weight is 286 g/mol. The number of carboxylic acid groups (broad SMARTS) is 2. The Balaban J connectivity index is 3.59. The molecule has 70 valence electrons. The van der Waals surface area contributed by atoms with Gasteiger partial charge >= 0.3 is 11.9 Å². The molecule has 0 aliphatic rings. The number of alkyl halides is 1. The molecule has 0 aliphatic carbocycles. The molecule has 0 aromatic heterocycles. The van der Waals surface area contributed by atoms with Crippen molar-refractivity contribution in [3.05, 3.63) is 0 Å². The Bertz CT molecular complexity index is 169. The van der Waals surface area contributed by atoms with Crippen molar-refractivity contribution in [2.24, 2.45) is 5.92 Å². The molecule has 0 bridgehead atoms. The van der Waals surface area contributed by atoms with Crippen molar-refractivity contribution in [2.45, 2.75) is 19.3 Å². The van der Waals surface area contributed by atoms with E-state index in [9.17, 15) is 9.59 Å². The number of hydrogen-bond donors (Lipinski definition) is 2. The van der Waals surface area contributed by atoms with E-state index in [-0.39, 0.29) is 6.42 Å². The number of carbonyl (C=O) groups is 2. The van der Waals surface area contributed by atoms with E-state index in [4.69, 9.17) is 10.2 Å². The molecule has 4 nitrogen and oxygen atoms in total. The molecule has 0 spiro atoms. The summed E-state index contributed by atoms with van der Waals surface area (Å²) in [4.78, 5) is 20.5. The van der Waals surface area contributed by atoms with E-state index in [2.05, 4.69) is 0 Å². The molecule has 12 heavy (non-hydrogen) atoms. The fourth-order valence-corrected chi connectivity index (χ4v) is 1.58. The van der Waals surface area contributed by atoms with Crippen molar-refractivity contribution >= 4 is 34.5 Å². The third-order valence-corrected chi connectivity index (χ3v) is 2.54. The molecule has 0 fully saturated rings. The molecular weight excluding hydrogens is 275 g/mol. The molecule has 5 heteroatoms. The fraction of sp³-hybridized carbons (Fsp3) is 0.714. The predicted molar refractivity (Wildman–Crippen MR) is 51.5 cm³/mol. The highest BCUT2D eigenvalue weighted by molar-refractivity contribution is 14.1. The van der Waals surface area contributed by atoms with Crippen LogP contribution < -0.4 is 0 Å². The maximum Gasteiger partial charge on any atom is 0.307 e. The second-order valence-electron chi connectivity index (χ2n) is 2.48. The van der Waals surface area contributed by atoms with Gasteiger partial charge in [-0.25, -0.2) is 0 Å². The van der Waals surface area contributed by atoms with Crippen LogP contribution in [0.2, 0.25) is 0 Å². The standard InChI is InChI=1S/C7H11IO4/c8-4-5(7(11)12)2-1-3-6(9)10/h5H,1-4H2,(H,9,10)(H,11,12). The van der Waals surface area contributed by atoms with Crippen molar-refractivity contribution in [3.63, 3.8) is 0 Å². The van der Waals surface area contributed by atoms with Gasteiger partial charge in [0.2, 0.25) is 0 Å². The van der Waals surface area contributed by atoms with Gasteiger partial charge in [0.15, 0.2) is 0 Å². The van der Waals surface area contributed by atoms with Crippen molar-refractivity contribution in [1.82, 2.24) is 0 Å². The number of aliphatic carboxylic acids is 2. The van der Waals surface area contributed by atoms with Gasteiger partial charge in [-0.15, -0.1) is 0 Å². The van der Waals surface area contributed by atoms with E-state index in [1.165, 1.54) is 0 Å². The molecular formula is C7H11IO4. The second kappa shape index (κ2) is 6.22. The lowest BCUT2D eigenvalue weighted by atomic mass is 10.0. The zero-order chi connectivity index (χ0) is 9.56. The van der Waals surface area contributed by atoms with Crippen LogP contribution >= 0.6 is 22.6 Å². The number of halogens is 1. The van der Waals surface area contributed by atoms with Crippen LogP contribution in [0, 0.1) is 5.92 Å². The van der Waals surface area contributed by atoms with Crippen LogP contribution in [0.25, 0.3) is 0 Å². The van der Waals surface area contributed by atoms with Gasteiger partial charge < -0.3 is 10.2 Å². The Morgan fingerprint density at radius 1 is 1.33 bits per heavy atom. The molecule has 0 saturated heterocycles. The molecule has 0 amide bonds. The topological polar surface area (TPSA) is 74.6 Å². The van der Waals surface area contributed by atoms with Gasteiger partial charge in [0.1, 0.15) is 0 Å². The normalized spacial score (nSPS) is 12.4. The van der Waals surface area contributed by atoms with Crippen LogP contribution in [0.15, 0.2) is 0 Å². The second-order valence-corrected chi connectivity index (χ2v) is 3.36. The quantitative estimate of drug-likeness (QED) is 0.571. The first-order chi connectivity index (χ1) is 5.57. The minimum Gasteiger partial charge on any atom is -0.481 e. The van der Waals surface area contributed by atoms with Gasteiger partial charge in [-0.3, -0.25) is 9.59 Å². The van der Waals surface area contributed by atoms with E-state index < -0.39 is 17.9 Å². The number of rotatable bonds is 6. The van der Waals surface area contributed by atoms with Crippen molar-refractivity contribution in [2.75, 3.05) is 4.43 Å². The first-order valence-electron chi connectivity index (χ1n) is 3.58. The molecule has 0 saturated carbocycles. The maximum atomic E-state index is 10.5. The van der Waals surface area contributed by atoms with Crippen LogP contribution in [-0.2, 0) is 9.59 Å².